The van der Waals surface area contributed by atoms with Crippen LogP contribution in [0.4, 0.5) is 4.79 Å². The predicted molar refractivity (Wildman–Crippen MR) is 120 cm³/mol. The normalized spacial score (nSPS) is 12.9. The van der Waals surface area contributed by atoms with Gasteiger partial charge in [-0.05, 0) is 43.9 Å². The predicted octanol–water partition coefficient (Wildman–Crippen LogP) is 3.21. The molecule has 2 aromatic carbocycles. The van der Waals surface area contributed by atoms with E-state index in [4.69, 9.17) is 14.7 Å². The monoisotopic (exact) mass is 460 g/mol. The Morgan fingerprint density at radius 1 is 1.09 bits per heavy atom. The zero-order valence-electron chi connectivity index (χ0n) is 17.9. The second kappa shape index (κ2) is 12.0. The van der Waals surface area contributed by atoms with Gasteiger partial charge >= 0.3 is 22.2 Å². The van der Waals surface area contributed by atoms with Crippen molar-refractivity contribution in [3.63, 3.8) is 0 Å². The maximum atomic E-state index is 12.6. The first-order valence-electron chi connectivity index (χ1n) is 10.1. The van der Waals surface area contributed by atoms with Gasteiger partial charge in [0.15, 0.2) is 0 Å². The van der Waals surface area contributed by atoms with Gasteiger partial charge in [0, 0.05) is 6.04 Å². The lowest BCUT2D eigenvalue weighted by atomic mass is 10.0. The standard InChI is InChI=1S/C23H28N2O6S/c1-3-7-19(24)12-15-21(25-23(27)30-16-18-8-5-4-6-9-18)22(26)31-32(28,29)20-13-10-17(2)11-14-20/h3-6,8-11,13-14,19,21H,1,7,12,15-16,24H2,2H3,(H,25,27). The fourth-order valence-corrected chi connectivity index (χ4v) is 3.69. The molecule has 9 heteroatoms. The van der Waals surface area contributed by atoms with E-state index in [-0.39, 0.29) is 24.0 Å². The van der Waals surface area contributed by atoms with E-state index in [0.717, 1.165) is 11.1 Å². The van der Waals surface area contributed by atoms with Crippen molar-refractivity contribution in [2.75, 3.05) is 0 Å². The highest BCUT2D eigenvalue weighted by atomic mass is 32.2. The van der Waals surface area contributed by atoms with Crippen LogP contribution in [0.5, 0.6) is 0 Å². The second-order valence-corrected chi connectivity index (χ2v) is 8.84. The summed E-state index contributed by atoms with van der Waals surface area (Å²) < 4.78 is 34.9. The number of alkyl carbamates (subject to hydrolysis) is 1. The lowest BCUT2D eigenvalue weighted by Crippen LogP contribution is -2.43. The number of aryl methyl sites for hydroxylation is 1. The number of amides is 1. The molecule has 2 rings (SSSR count). The number of hydrogen-bond donors (Lipinski definition) is 2. The number of carbonyl (C=O) groups excluding carboxylic acids is 2. The Morgan fingerprint density at radius 2 is 1.75 bits per heavy atom. The highest BCUT2D eigenvalue weighted by molar-refractivity contribution is 7.87. The molecule has 1 amide bonds. The van der Waals surface area contributed by atoms with Crippen molar-refractivity contribution in [2.24, 2.45) is 5.73 Å². The fourth-order valence-electron chi connectivity index (χ4n) is 2.79. The Hall–Kier alpha value is -3.17. The lowest BCUT2D eigenvalue weighted by molar-refractivity contribution is -0.136. The molecule has 2 atom stereocenters. The SMILES string of the molecule is C=CCC(N)CCC(NC(=O)OCc1ccccc1)C(=O)OS(=O)(=O)c1ccc(C)cc1. The van der Waals surface area contributed by atoms with Crippen LogP contribution in [0.1, 0.15) is 30.4 Å². The van der Waals surface area contributed by atoms with Crippen molar-refractivity contribution in [1.29, 1.82) is 0 Å². The third kappa shape index (κ3) is 8.16. The summed E-state index contributed by atoms with van der Waals surface area (Å²) in [6, 6.07) is 13.3. The summed E-state index contributed by atoms with van der Waals surface area (Å²) in [4.78, 5) is 24.7. The summed E-state index contributed by atoms with van der Waals surface area (Å²) in [6.07, 6.45) is 1.66. The minimum absolute atomic E-state index is 0.00785. The van der Waals surface area contributed by atoms with Gasteiger partial charge in [-0.25, -0.2) is 9.59 Å². The topological polar surface area (TPSA) is 125 Å². The molecule has 0 spiro atoms. The number of nitrogens with one attached hydrogen (secondary N) is 1. The Kier molecular flexibility index (Phi) is 9.42. The van der Waals surface area contributed by atoms with E-state index in [2.05, 4.69) is 11.9 Å². The Balaban J connectivity index is 2.06. The highest BCUT2D eigenvalue weighted by Gasteiger charge is 2.29. The molecule has 0 aliphatic rings. The van der Waals surface area contributed by atoms with Gasteiger partial charge in [0.2, 0.25) is 0 Å². The molecular formula is C23H28N2O6S. The molecule has 0 saturated carbocycles. The summed E-state index contributed by atoms with van der Waals surface area (Å²) in [5.74, 6) is -1.12. The molecule has 2 unspecified atom stereocenters. The van der Waals surface area contributed by atoms with Crippen LogP contribution in [-0.2, 0) is 30.4 Å². The molecule has 32 heavy (non-hydrogen) atoms. The minimum Gasteiger partial charge on any atom is -0.445 e. The smallest absolute Gasteiger partial charge is 0.408 e. The average Bonchev–Trinajstić information content (AvgIpc) is 2.76. The van der Waals surface area contributed by atoms with Crippen LogP contribution in [0, 0.1) is 6.92 Å². The summed E-state index contributed by atoms with van der Waals surface area (Å²) in [5.41, 5.74) is 7.56. The second-order valence-electron chi connectivity index (χ2n) is 7.29. The van der Waals surface area contributed by atoms with Crippen molar-refractivity contribution in [2.45, 2.75) is 49.8 Å². The zero-order chi connectivity index (χ0) is 23.6. The van der Waals surface area contributed by atoms with E-state index in [1.54, 1.807) is 49.4 Å². The van der Waals surface area contributed by atoms with Gasteiger partial charge in [-0.2, -0.15) is 8.42 Å². The first-order valence-corrected chi connectivity index (χ1v) is 11.5. The molecule has 2 aromatic rings. The number of hydrogen-bond acceptors (Lipinski definition) is 7. The molecule has 0 aliphatic heterocycles. The van der Waals surface area contributed by atoms with Gasteiger partial charge < -0.3 is 20.0 Å². The summed E-state index contributed by atoms with van der Waals surface area (Å²) in [6.45, 7) is 5.41. The molecule has 172 valence electrons. The molecule has 0 fully saturated rings. The molecule has 0 aromatic heterocycles. The van der Waals surface area contributed by atoms with Crippen LogP contribution >= 0.6 is 0 Å². The summed E-state index contributed by atoms with van der Waals surface area (Å²) >= 11 is 0. The first kappa shape index (κ1) is 25.1. The van der Waals surface area contributed by atoms with Gasteiger partial charge in [-0.15, -0.1) is 6.58 Å². The van der Waals surface area contributed by atoms with Crippen molar-refractivity contribution in [3.8, 4) is 0 Å². The molecule has 3 N–H and O–H groups in total. The Bertz CT molecular complexity index is 1010. The maximum Gasteiger partial charge on any atom is 0.408 e. The summed E-state index contributed by atoms with van der Waals surface area (Å²) in [7, 11) is -4.35. The van der Waals surface area contributed by atoms with E-state index in [9.17, 15) is 18.0 Å². The quantitative estimate of drug-likeness (QED) is 0.390. The first-order chi connectivity index (χ1) is 15.2. The Morgan fingerprint density at radius 3 is 2.38 bits per heavy atom. The van der Waals surface area contributed by atoms with Crippen LogP contribution < -0.4 is 11.1 Å². The molecule has 0 heterocycles. The van der Waals surface area contributed by atoms with Crippen LogP contribution in [0.25, 0.3) is 0 Å². The van der Waals surface area contributed by atoms with Gasteiger partial charge in [0.05, 0.1) is 0 Å². The van der Waals surface area contributed by atoms with Crippen molar-refractivity contribution in [1.82, 2.24) is 5.32 Å². The molecule has 0 bridgehead atoms. The molecule has 8 nitrogen and oxygen atoms in total. The molecule has 0 saturated heterocycles. The van der Waals surface area contributed by atoms with Crippen LogP contribution in [0.3, 0.4) is 0 Å². The number of rotatable bonds is 11. The lowest BCUT2D eigenvalue weighted by Gasteiger charge is -2.19. The van der Waals surface area contributed by atoms with Gasteiger partial charge in [-0.1, -0.05) is 54.1 Å². The third-order valence-electron chi connectivity index (χ3n) is 4.59. The van der Waals surface area contributed by atoms with Gasteiger partial charge in [0.25, 0.3) is 0 Å². The zero-order valence-corrected chi connectivity index (χ0v) is 18.7. The third-order valence-corrected chi connectivity index (χ3v) is 5.82. The molecule has 0 radical (unpaired) electrons. The molecule has 0 aliphatic carbocycles. The van der Waals surface area contributed by atoms with Crippen LogP contribution in [0.15, 0.2) is 72.1 Å². The van der Waals surface area contributed by atoms with Crippen LogP contribution in [0.2, 0.25) is 0 Å². The van der Waals surface area contributed by atoms with E-state index >= 15 is 0 Å². The van der Waals surface area contributed by atoms with Crippen LogP contribution in [-0.4, -0.2) is 32.6 Å². The highest BCUT2D eigenvalue weighted by Crippen LogP contribution is 2.16. The van der Waals surface area contributed by atoms with E-state index < -0.39 is 28.2 Å². The number of carbonyl (C=O) groups is 2. The minimum atomic E-state index is -4.35. The van der Waals surface area contributed by atoms with Gasteiger partial charge in [-0.3, -0.25) is 0 Å². The average molecular weight is 461 g/mol. The Labute approximate surface area is 188 Å². The van der Waals surface area contributed by atoms with Crippen molar-refractivity contribution >= 4 is 22.2 Å². The van der Waals surface area contributed by atoms with Crippen molar-refractivity contribution < 1.29 is 26.9 Å². The number of benzene rings is 2. The summed E-state index contributed by atoms with van der Waals surface area (Å²) in [5, 5.41) is 2.39. The van der Waals surface area contributed by atoms with E-state index in [0.29, 0.717) is 12.8 Å². The van der Waals surface area contributed by atoms with E-state index in [1.807, 2.05) is 6.07 Å². The largest absolute Gasteiger partial charge is 0.445 e. The fraction of sp³-hybridized carbons (Fsp3) is 0.304. The van der Waals surface area contributed by atoms with Crippen molar-refractivity contribution in [3.05, 3.63) is 78.4 Å². The number of nitrogens with two attached hydrogens (primary N) is 1. The number of ether oxygens (including phenoxy) is 1. The van der Waals surface area contributed by atoms with Gasteiger partial charge in [0.1, 0.15) is 17.5 Å². The van der Waals surface area contributed by atoms with E-state index in [1.165, 1.54) is 12.1 Å². The maximum absolute atomic E-state index is 12.6. The molecular weight excluding hydrogens is 432 g/mol.